The maximum Gasteiger partial charge on any atom is 0.165 e. The van der Waals surface area contributed by atoms with Crippen LogP contribution in [0, 0.1) is 17.7 Å². The van der Waals surface area contributed by atoms with Gasteiger partial charge < -0.3 is 4.74 Å². The summed E-state index contributed by atoms with van der Waals surface area (Å²) in [5, 5.41) is -0.0899. The van der Waals surface area contributed by atoms with Gasteiger partial charge in [-0.25, -0.2) is 4.39 Å². The van der Waals surface area contributed by atoms with Crippen molar-refractivity contribution >= 4 is 11.6 Å². The molecule has 1 nitrogen and oxygen atoms in total. The van der Waals surface area contributed by atoms with Gasteiger partial charge >= 0.3 is 0 Å². The predicted octanol–water partition coefficient (Wildman–Crippen LogP) is 4.55. The maximum atomic E-state index is 13.6. The Kier molecular flexibility index (Phi) is 3.93. The highest BCUT2D eigenvalue weighted by molar-refractivity contribution is 6.21. The molecule has 3 unspecified atom stereocenters. The van der Waals surface area contributed by atoms with Crippen molar-refractivity contribution in [1.29, 1.82) is 0 Å². The minimum absolute atomic E-state index is 0.0899. The van der Waals surface area contributed by atoms with Gasteiger partial charge in [-0.1, -0.05) is 25.8 Å². The monoisotopic (exact) mass is 256 g/mol. The second-order valence-electron chi connectivity index (χ2n) is 4.87. The molecule has 0 amide bonds. The molecule has 0 bridgehead atoms. The van der Waals surface area contributed by atoms with Gasteiger partial charge in [0, 0.05) is 0 Å². The summed E-state index contributed by atoms with van der Waals surface area (Å²) in [4.78, 5) is 0. The van der Waals surface area contributed by atoms with Crippen LogP contribution >= 0.6 is 11.6 Å². The van der Waals surface area contributed by atoms with Gasteiger partial charge in [-0.15, -0.1) is 11.6 Å². The van der Waals surface area contributed by atoms with E-state index in [1.54, 1.807) is 6.07 Å². The minimum Gasteiger partial charge on any atom is -0.494 e. The van der Waals surface area contributed by atoms with Gasteiger partial charge in [0.25, 0.3) is 0 Å². The lowest BCUT2D eigenvalue weighted by molar-refractivity contribution is 0.383. The van der Waals surface area contributed by atoms with E-state index in [2.05, 4.69) is 6.92 Å². The summed E-state index contributed by atoms with van der Waals surface area (Å²) < 4.78 is 18.5. The molecule has 2 rings (SSSR count). The summed E-state index contributed by atoms with van der Waals surface area (Å²) in [7, 11) is 1.47. The molecule has 0 spiro atoms. The second-order valence-corrected chi connectivity index (χ2v) is 5.34. The van der Waals surface area contributed by atoms with Crippen LogP contribution in [0.4, 0.5) is 4.39 Å². The molecule has 1 saturated carbocycles. The Labute approximate surface area is 107 Å². The van der Waals surface area contributed by atoms with Gasteiger partial charge in [-0.05, 0) is 36.0 Å². The van der Waals surface area contributed by atoms with Gasteiger partial charge in [0.1, 0.15) is 0 Å². The normalized spacial score (nSPS) is 25.9. The lowest BCUT2D eigenvalue weighted by atomic mass is 9.90. The van der Waals surface area contributed by atoms with Crippen molar-refractivity contribution in [3.63, 3.8) is 0 Å². The van der Waals surface area contributed by atoms with Crippen molar-refractivity contribution in [2.24, 2.45) is 11.8 Å². The van der Waals surface area contributed by atoms with Crippen LogP contribution in [0.25, 0.3) is 0 Å². The summed E-state index contributed by atoms with van der Waals surface area (Å²) in [5.41, 5.74) is 0.865. The molecule has 1 aromatic carbocycles. The fourth-order valence-electron chi connectivity index (χ4n) is 2.71. The molecule has 0 heterocycles. The minimum atomic E-state index is -0.332. The number of ether oxygens (including phenoxy) is 1. The standard InChI is InChI=1S/C14H18ClFO/c1-9-4-3-5-11(9)14(15)10-6-7-13(17-2)12(16)8-10/h6-9,11,14H,3-5H2,1-2H3. The third-order valence-corrected chi connectivity index (χ3v) is 4.37. The van der Waals surface area contributed by atoms with Crippen LogP contribution in [0.3, 0.4) is 0 Å². The van der Waals surface area contributed by atoms with Crippen LogP contribution in [-0.4, -0.2) is 7.11 Å². The Morgan fingerprint density at radius 2 is 2.18 bits per heavy atom. The van der Waals surface area contributed by atoms with Gasteiger partial charge in [0.05, 0.1) is 12.5 Å². The van der Waals surface area contributed by atoms with E-state index in [-0.39, 0.29) is 16.9 Å². The molecule has 0 aromatic heterocycles. The highest BCUT2D eigenvalue weighted by atomic mass is 35.5. The van der Waals surface area contributed by atoms with Gasteiger partial charge in [0.2, 0.25) is 0 Å². The predicted molar refractivity (Wildman–Crippen MR) is 68.1 cm³/mol. The van der Waals surface area contributed by atoms with E-state index in [1.165, 1.54) is 26.0 Å². The first-order chi connectivity index (χ1) is 8.13. The smallest absolute Gasteiger partial charge is 0.165 e. The molecule has 0 saturated heterocycles. The fraction of sp³-hybridized carbons (Fsp3) is 0.571. The molecule has 1 aromatic rings. The van der Waals surface area contributed by atoms with E-state index >= 15 is 0 Å². The zero-order valence-electron chi connectivity index (χ0n) is 10.2. The molecular formula is C14H18ClFO. The van der Waals surface area contributed by atoms with Crippen molar-refractivity contribution in [3.05, 3.63) is 29.6 Å². The average molecular weight is 257 g/mol. The molecule has 0 aliphatic heterocycles. The molecule has 3 heteroatoms. The van der Waals surface area contributed by atoms with Crippen molar-refractivity contribution in [3.8, 4) is 5.75 Å². The summed E-state index contributed by atoms with van der Waals surface area (Å²) in [5.74, 6) is 1.03. The van der Waals surface area contributed by atoms with E-state index in [9.17, 15) is 4.39 Å². The third kappa shape index (κ3) is 2.57. The Bertz CT molecular complexity index is 394. The molecule has 1 fully saturated rings. The zero-order chi connectivity index (χ0) is 12.4. The van der Waals surface area contributed by atoms with Crippen LogP contribution in [-0.2, 0) is 0 Å². The Hall–Kier alpha value is -0.760. The SMILES string of the molecule is COc1ccc(C(Cl)C2CCCC2C)cc1F. The van der Waals surface area contributed by atoms with Crippen molar-refractivity contribution in [2.45, 2.75) is 31.6 Å². The number of halogens is 2. The van der Waals surface area contributed by atoms with Crippen molar-refractivity contribution in [2.75, 3.05) is 7.11 Å². The van der Waals surface area contributed by atoms with E-state index in [1.807, 2.05) is 6.07 Å². The molecule has 94 valence electrons. The first-order valence-electron chi connectivity index (χ1n) is 6.11. The number of hydrogen-bond donors (Lipinski definition) is 0. The average Bonchev–Trinajstić information content (AvgIpc) is 2.74. The molecule has 0 radical (unpaired) electrons. The molecule has 1 aliphatic rings. The second kappa shape index (κ2) is 5.26. The summed E-state index contributed by atoms with van der Waals surface area (Å²) >= 11 is 6.47. The number of hydrogen-bond acceptors (Lipinski definition) is 1. The van der Waals surface area contributed by atoms with Crippen LogP contribution in [0.2, 0.25) is 0 Å². The third-order valence-electron chi connectivity index (χ3n) is 3.80. The molecule has 1 aliphatic carbocycles. The largest absolute Gasteiger partial charge is 0.494 e. The van der Waals surface area contributed by atoms with E-state index in [0.29, 0.717) is 11.8 Å². The maximum absolute atomic E-state index is 13.6. The number of alkyl halides is 1. The van der Waals surface area contributed by atoms with Gasteiger partial charge in [0.15, 0.2) is 11.6 Å². The number of methoxy groups -OCH3 is 1. The van der Waals surface area contributed by atoms with E-state index < -0.39 is 0 Å². The molecule has 17 heavy (non-hydrogen) atoms. The summed E-state index contributed by atoms with van der Waals surface area (Å²) in [6, 6.07) is 5.02. The van der Waals surface area contributed by atoms with Gasteiger partial charge in [-0.2, -0.15) is 0 Å². The van der Waals surface area contributed by atoms with Gasteiger partial charge in [-0.3, -0.25) is 0 Å². The summed E-state index contributed by atoms with van der Waals surface area (Å²) in [6.45, 7) is 2.23. The van der Waals surface area contributed by atoms with Crippen molar-refractivity contribution < 1.29 is 9.13 Å². The zero-order valence-corrected chi connectivity index (χ0v) is 11.0. The highest BCUT2D eigenvalue weighted by Crippen LogP contribution is 2.43. The Morgan fingerprint density at radius 3 is 2.71 bits per heavy atom. The van der Waals surface area contributed by atoms with E-state index in [4.69, 9.17) is 16.3 Å². The van der Waals surface area contributed by atoms with Crippen LogP contribution in [0.5, 0.6) is 5.75 Å². The quantitative estimate of drug-likeness (QED) is 0.721. The molecule has 3 atom stereocenters. The lowest BCUT2D eigenvalue weighted by Gasteiger charge is -2.22. The van der Waals surface area contributed by atoms with E-state index in [0.717, 1.165) is 12.0 Å². The Morgan fingerprint density at radius 1 is 1.41 bits per heavy atom. The fourth-order valence-corrected chi connectivity index (χ4v) is 3.22. The highest BCUT2D eigenvalue weighted by Gasteiger charge is 2.30. The van der Waals surface area contributed by atoms with Crippen LogP contribution in [0.15, 0.2) is 18.2 Å². The summed E-state index contributed by atoms with van der Waals surface area (Å²) in [6.07, 6.45) is 3.60. The Balaban J connectivity index is 2.19. The first kappa shape index (κ1) is 12.7. The molecular weight excluding hydrogens is 239 g/mol. The van der Waals surface area contributed by atoms with Crippen LogP contribution < -0.4 is 4.74 Å². The topological polar surface area (TPSA) is 9.23 Å². The molecule has 0 N–H and O–H groups in total. The number of benzene rings is 1. The first-order valence-corrected chi connectivity index (χ1v) is 6.54. The van der Waals surface area contributed by atoms with Crippen LogP contribution in [0.1, 0.15) is 37.1 Å². The van der Waals surface area contributed by atoms with Crippen molar-refractivity contribution in [1.82, 2.24) is 0 Å². The lowest BCUT2D eigenvalue weighted by Crippen LogP contribution is -2.11. The number of rotatable bonds is 3.